The number of benzene rings is 1. The second kappa shape index (κ2) is 17.4. The SMILES string of the molecule is CC(C)C(=O)OCc1ccc(NC(=O)[C@H](CCCNC(N)=O)CC(=O)[C@@H](NC(=O)CC2C(=O)CC(C(C)C)C2=O)C(C)C)cc1. The van der Waals surface area contributed by atoms with Crippen LogP contribution in [0.1, 0.15) is 79.2 Å². The summed E-state index contributed by atoms with van der Waals surface area (Å²) in [6, 6.07) is 5.12. The molecule has 12 heteroatoms. The van der Waals surface area contributed by atoms with Crippen molar-refractivity contribution in [2.45, 2.75) is 86.3 Å². The van der Waals surface area contributed by atoms with Crippen LogP contribution in [0.25, 0.3) is 0 Å². The summed E-state index contributed by atoms with van der Waals surface area (Å²) in [5.74, 6) is -4.94. The van der Waals surface area contributed by atoms with Crippen LogP contribution in [0.5, 0.6) is 0 Å². The zero-order valence-electron chi connectivity index (χ0n) is 27.1. The van der Waals surface area contributed by atoms with Gasteiger partial charge in [0.2, 0.25) is 11.8 Å². The number of hydrogen-bond donors (Lipinski definition) is 4. The fourth-order valence-electron chi connectivity index (χ4n) is 5.20. The van der Waals surface area contributed by atoms with Gasteiger partial charge in [-0.1, -0.05) is 53.7 Å². The number of hydrogen-bond acceptors (Lipinski definition) is 8. The van der Waals surface area contributed by atoms with E-state index in [1.807, 2.05) is 13.8 Å². The average Bonchev–Trinajstić information content (AvgIpc) is 3.24. The molecule has 0 spiro atoms. The number of esters is 1. The number of nitrogens with two attached hydrogens (primary N) is 1. The zero-order valence-corrected chi connectivity index (χ0v) is 27.1. The number of anilines is 1. The first kappa shape index (κ1) is 37.1. The molecule has 1 aliphatic rings. The number of nitrogens with one attached hydrogen (secondary N) is 3. The smallest absolute Gasteiger partial charge is 0.312 e. The number of primary amides is 1. The van der Waals surface area contributed by atoms with Crippen LogP contribution in [0.3, 0.4) is 0 Å². The van der Waals surface area contributed by atoms with Crippen LogP contribution in [-0.2, 0) is 40.1 Å². The highest BCUT2D eigenvalue weighted by Crippen LogP contribution is 2.32. The van der Waals surface area contributed by atoms with E-state index in [9.17, 15) is 33.6 Å². The van der Waals surface area contributed by atoms with E-state index in [2.05, 4.69) is 16.0 Å². The van der Waals surface area contributed by atoms with Gasteiger partial charge in [0.1, 0.15) is 18.2 Å². The van der Waals surface area contributed by atoms with Crippen LogP contribution >= 0.6 is 0 Å². The van der Waals surface area contributed by atoms with Crippen molar-refractivity contribution in [1.29, 1.82) is 0 Å². The molecule has 0 bridgehead atoms. The van der Waals surface area contributed by atoms with E-state index in [1.54, 1.807) is 52.0 Å². The normalized spacial score (nSPS) is 17.7. The van der Waals surface area contributed by atoms with Crippen LogP contribution in [0.15, 0.2) is 24.3 Å². The molecule has 2 unspecified atom stereocenters. The second-order valence-electron chi connectivity index (χ2n) is 12.7. The van der Waals surface area contributed by atoms with Gasteiger partial charge < -0.3 is 26.4 Å². The average molecular weight is 629 g/mol. The van der Waals surface area contributed by atoms with Gasteiger partial charge in [0.05, 0.1) is 17.9 Å². The Hall–Kier alpha value is -4.09. The van der Waals surface area contributed by atoms with Crippen LogP contribution in [0.4, 0.5) is 10.5 Å². The standard InChI is InChI=1S/C33H48N4O8/c1-18(2)24-15-26(38)25(30(24)41)16-28(40)37-29(19(3)4)27(39)14-22(8-7-13-35-33(34)44)31(42)36-23-11-9-21(10-12-23)17-45-32(43)20(5)6/h9-12,18-20,22,24-25,29H,7-8,13-17H2,1-6H3,(H,36,42)(H,37,40)(H3,34,35,44)/t22-,24?,25?,29+/m1/s1. The predicted molar refractivity (Wildman–Crippen MR) is 167 cm³/mol. The fraction of sp³-hybridized carbons (Fsp3) is 0.606. The van der Waals surface area contributed by atoms with Crippen molar-refractivity contribution in [2.75, 3.05) is 11.9 Å². The lowest BCUT2D eigenvalue weighted by atomic mass is 9.88. The van der Waals surface area contributed by atoms with Crippen molar-refractivity contribution in [1.82, 2.24) is 10.6 Å². The summed E-state index contributed by atoms with van der Waals surface area (Å²) < 4.78 is 5.23. The Labute approximate surface area is 265 Å². The van der Waals surface area contributed by atoms with Crippen molar-refractivity contribution >= 4 is 46.9 Å². The molecule has 1 fully saturated rings. The molecule has 0 aromatic heterocycles. The first-order chi connectivity index (χ1) is 21.1. The lowest BCUT2D eigenvalue weighted by Crippen LogP contribution is -2.46. The molecule has 0 heterocycles. The largest absolute Gasteiger partial charge is 0.461 e. The van der Waals surface area contributed by atoms with Crippen LogP contribution < -0.4 is 21.7 Å². The third-order valence-electron chi connectivity index (χ3n) is 7.96. The molecule has 2 rings (SSSR count). The molecule has 0 saturated heterocycles. The van der Waals surface area contributed by atoms with E-state index >= 15 is 0 Å². The van der Waals surface area contributed by atoms with E-state index < -0.39 is 41.6 Å². The first-order valence-corrected chi connectivity index (χ1v) is 15.6. The van der Waals surface area contributed by atoms with Gasteiger partial charge >= 0.3 is 12.0 Å². The minimum Gasteiger partial charge on any atom is -0.461 e. The highest BCUT2D eigenvalue weighted by molar-refractivity contribution is 6.12. The summed E-state index contributed by atoms with van der Waals surface area (Å²) in [4.78, 5) is 87.8. The number of ether oxygens (including phenoxy) is 1. The molecular formula is C33H48N4O8. The van der Waals surface area contributed by atoms with Crippen LogP contribution in [0, 0.1) is 35.5 Å². The summed E-state index contributed by atoms with van der Waals surface area (Å²) in [6.07, 6.45) is 0.243. The van der Waals surface area contributed by atoms with Gasteiger partial charge in [0.25, 0.3) is 0 Å². The topological polar surface area (TPSA) is 191 Å². The number of carbonyl (C=O) groups is 7. The van der Waals surface area contributed by atoms with E-state index in [4.69, 9.17) is 10.5 Å². The Morgan fingerprint density at radius 3 is 2.16 bits per heavy atom. The number of Topliss-reactive ketones (excluding diaryl/α,β-unsaturated/α-hetero) is 3. The van der Waals surface area contributed by atoms with Gasteiger partial charge in [0, 0.05) is 43.3 Å². The Balaban J connectivity index is 2.09. The second-order valence-corrected chi connectivity index (χ2v) is 12.7. The molecule has 4 amide bonds. The highest BCUT2D eigenvalue weighted by atomic mass is 16.5. The predicted octanol–water partition coefficient (Wildman–Crippen LogP) is 3.31. The van der Waals surface area contributed by atoms with Gasteiger partial charge in [-0.05, 0) is 42.4 Å². The van der Waals surface area contributed by atoms with Gasteiger partial charge in [-0.15, -0.1) is 0 Å². The van der Waals surface area contributed by atoms with Crippen LogP contribution in [-0.4, -0.2) is 53.8 Å². The number of amides is 4. The molecule has 0 aliphatic heterocycles. The lowest BCUT2D eigenvalue weighted by Gasteiger charge is -2.24. The quantitative estimate of drug-likeness (QED) is 0.115. The molecule has 1 aliphatic carbocycles. The van der Waals surface area contributed by atoms with Gasteiger partial charge in [-0.25, -0.2) is 4.79 Å². The molecule has 1 saturated carbocycles. The number of carbonyl (C=O) groups excluding carboxylic acids is 7. The van der Waals surface area contributed by atoms with Gasteiger partial charge in [0.15, 0.2) is 5.78 Å². The Bertz CT molecular complexity index is 1240. The Morgan fingerprint density at radius 1 is 0.978 bits per heavy atom. The molecule has 5 N–H and O–H groups in total. The van der Waals surface area contributed by atoms with E-state index in [1.165, 1.54) is 0 Å². The Kier molecular flexibility index (Phi) is 14.4. The van der Waals surface area contributed by atoms with E-state index in [0.717, 1.165) is 5.56 Å². The lowest BCUT2D eigenvalue weighted by molar-refractivity contribution is -0.148. The maximum Gasteiger partial charge on any atom is 0.312 e. The summed E-state index contributed by atoms with van der Waals surface area (Å²) in [5.41, 5.74) is 6.36. The maximum absolute atomic E-state index is 13.5. The summed E-state index contributed by atoms with van der Waals surface area (Å²) in [6.45, 7) is 11.0. The van der Waals surface area contributed by atoms with E-state index in [-0.39, 0.29) is 79.9 Å². The highest BCUT2D eigenvalue weighted by Gasteiger charge is 2.43. The van der Waals surface area contributed by atoms with Crippen molar-refractivity contribution in [3.63, 3.8) is 0 Å². The molecule has 0 radical (unpaired) electrons. The van der Waals surface area contributed by atoms with Gasteiger partial charge in [-0.3, -0.25) is 28.8 Å². The van der Waals surface area contributed by atoms with Crippen molar-refractivity contribution < 1.29 is 38.3 Å². The van der Waals surface area contributed by atoms with Crippen molar-refractivity contribution in [3.8, 4) is 0 Å². The molecule has 12 nitrogen and oxygen atoms in total. The zero-order chi connectivity index (χ0) is 33.8. The number of rotatable bonds is 17. The molecule has 45 heavy (non-hydrogen) atoms. The minimum absolute atomic E-state index is 0.00639. The Morgan fingerprint density at radius 2 is 1.62 bits per heavy atom. The molecule has 4 atom stereocenters. The number of ketones is 3. The summed E-state index contributed by atoms with van der Waals surface area (Å²) in [7, 11) is 0. The molecule has 1 aromatic carbocycles. The monoisotopic (exact) mass is 628 g/mol. The summed E-state index contributed by atoms with van der Waals surface area (Å²) in [5, 5.41) is 7.99. The summed E-state index contributed by atoms with van der Waals surface area (Å²) >= 11 is 0. The fourth-order valence-corrected chi connectivity index (χ4v) is 5.20. The molecule has 248 valence electrons. The van der Waals surface area contributed by atoms with Crippen molar-refractivity contribution in [2.24, 2.45) is 41.2 Å². The minimum atomic E-state index is -1.01. The third-order valence-corrected chi connectivity index (χ3v) is 7.96. The molecule has 1 aromatic rings. The van der Waals surface area contributed by atoms with Gasteiger partial charge in [-0.2, -0.15) is 0 Å². The maximum atomic E-state index is 13.5. The number of urea groups is 1. The molecular weight excluding hydrogens is 580 g/mol. The van der Waals surface area contributed by atoms with Crippen LogP contribution in [0.2, 0.25) is 0 Å². The first-order valence-electron chi connectivity index (χ1n) is 15.6. The van der Waals surface area contributed by atoms with E-state index in [0.29, 0.717) is 12.1 Å². The van der Waals surface area contributed by atoms with Crippen molar-refractivity contribution in [3.05, 3.63) is 29.8 Å². The third kappa shape index (κ3) is 11.7.